The Labute approximate surface area is 213 Å². The second-order valence-corrected chi connectivity index (χ2v) is 9.96. The number of aliphatic carboxylic acids is 1. The Bertz CT molecular complexity index is 1300. The van der Waals surface area contributed by atoms with Gasteiger partial charge in [-0.25, -0.2) is 4.68 Å². The molecular weight excluding hydrogens is 446 g/mol. The van der Waals surface area contributed by atoms with Crippen LogP contribution in [-0.2, 0) is 11.2 Å². The van der Waals surface area contributed by atoms with E-state index in [4.69, 9.17) is 5.10 Å². The summed E-state index contributed by atoms with van der Waals surface area (Å²) in [4.78, 5) is 12.2. The largest absolute Gasteiger partial charge is 0.481 e. The van der Waals surface area contributed by atoms with Gasteiger partial charge in [-0.3, -0.25) is 4.79 Å². The lowest BCUT2D eigenvalue weighted by molar-refractivity contribution is -0.138. The van der Waals surface area contributed by atoms with E-state index in [-0.39, 0.29) is 0 Å². The average Bonchev–Trinajstić information content (AvgIpc) is 3.27. The molecule has 0 aliphatic heterocycles. The van der Waals surface area contributed by atoms with Crippen LogP contribution in [0, 0.1) is 19.8 Å². The lowest BCUT2D eigenvalue weighted by Crippen LogP contribution is -2.15. The van der Waals surface area contributed by atoms with Gasteiger partial charge in [-0.15, -0.1) is 0 Å². The topological polar surface area (TPSA) is 67.2 Å². The molecule has 2 N–H and O–H groups in total. The summed E-state index contributed by atoms with van der Waals surface area (Å²) >= 11 is 0. The van der Waals surface area contributed by atoms with Gasteiger partial charge in [0.25, 0.3) is 0 Å². The van der Waals surface area contributed by atoms with Gasteiger partial charge >= 0.3 is 5.97 Å². The quantitative estimate of drug-likeness (QED) is 0.255. The number of aromatic nitrogens is 2. The molecule has 0 bridgehead atoms. The highest BCUT2D eigenvalue weighted by atomic mass is 16.4. The van der Waals surface area contributed by atoms with Gasteiger partial charge in [0, 0.05) is 24.2 Å². The van der Waals surface area contributed by atoms with Crippen molar-refractivity contribution in [3.63, 3.8) is 0 Å². The maximum absolute atomic E-state index is 12.2. The Morgan fingerprint density at radius 1 is 0.944 bits per heavy atom. The molecule has 1 aromatic heterocycles. The van der Waals surface area contributed by atoms with Crippen molar-refractivity contribution in [1.29, 1.82) is 0 Å². The summed E-state index contributed by atoms with van der Waals surface area (Å²) < 4.78 is 1.92. The smallest absolute Gasteiger partial charge is 0.311 e. The van der Waals surface area contributed by atoms with E-state index in [1.807, 2.05) is 54.1 Å². The van der Waals surface area contributed by atoms with Crippen LogP contribution >= 0.6 is 0 Å². The fraction of sp³-hybridized carbons (Fsp3) is 0.290. The molecule has 0 radical (unpaired) electrons. The van der Waals surface area contributed by atoms with Crippen LogP contribution in [0.2, 0.25) is 0 Å². The Hall–Kier alpha value is -3.86. The molecule has 5 nitrogen and oxygen atoms in total. The zero-order chi connectivity index (χ0) is 25.7. The summed E-state index contributed by atoms with van der Waals surface area (Å²) in [5, 5.41) is 18.4. The van der Waals surface area contributed by atoms with Crippen LogP contribution in [0.1, 0.15) is 48.6 Å². The molecule has 0 fully saturated rings. The molecule has 4 rings (SSSR count). The molecule has 1 unspecified atom stereocenters. The number of rotatable bonds is 10. The van der Waals surface area contributed by atoms with Crippen molar-refractivity contribution in [3.05, 3.63) is 101 Å². The highest BCUT2D eigenvalue weighted by Crippen LogP contribution is 2.29. The lowest BCUT2D eigenvalue weighted by atomic mass is 9.93. The molecule has 1 atom stereocenters. The summed E-state index contributed by atoms with van der Waals surface area (Å²) in [6.07, 6.45) is 1.44. The third kappa shape index (κ3) is 6.22. The zero-order valence-electron chi connectivity index (χ0n) is 21.5. The Morgan fingerprint density at radius 2 is 1.67 bits per heavy atom. The van der Waals surface area contributed by atoms with Crippen LogP contribution < -0.4 is 5.32 Å². The van der Waals surface area contributed by atoms with E-state index in [9.17, 15) is 9.90 Å². The van der Waals surface area contributed by atoms with E-state index in [1.54, 1.807) is 0 Å². The van der Waals surface area contributed by atoms with E-state index in [0.29, 0.717) is 12.3 Å². The maximum Gasteiger partial charge on any atom is 0.311 e. The highest BCUT2D eigenvalue weighted by Gasteiger charge is 2.23. The first kappa shape index (κ1) is 25.2. The van der Waals surface area contributed by atoms with Crippen LogP contribution in [0.15, 0.2) is 78.9 Å². The van der Waals surface area contributed by atoms with Crippen molar-refractivity contribution in [2.75, 3.05) is 11.9 Å². The van der Waals surface area contributed by atoms with E-state index >= 15 is 0 Å². The van der Waals surface area contributed by atoms with Gasteiger partial charge in [0.2, 0.25) is 0 Å². The molecule has 0 aliphatic carbocycles. The molecule has 0 aliphatic rings. The van der Waals surface area contributed by atoms with Crippen molar-refractivity contribution >= 4 is 11.7 Å². The van der Waals surface area contributed by atoms with E-state index in [1.165, 1.54) is 5.56 Å². The first-order valence-corrected chi connectivity index (χ1v) is 12.6. The van der Waals surface area contributed by atoms with Gasteiger partial charge < -0.3 is 10.4 Å². The molecule has 1 heterocycles. The summed E-state index contributed by atoms with van der Waals surface area (Å²) in [6, 6.07) is 26.3. The van der Waals surface area contributed by atoms with Gasteiger partial charge in [0.05, 0.1) is 23.0 Å². The van der Waals surface area contributed by atoms with Crippen LogP contribution in [0.4, 0.5) is 5.69 Å². The number of aryl methyl sites for hydroxylation is 2. The number of carboxylic acid groups (broad SMARTS) is 1. The predicted octanol–water partition coefficient (Wildman–Crippen LogP) is 7.03. The standard InChI is InChI=1S/C31H35N3O2/c1-21(2)16-17-32-26-12-10-24(11-13-26)30-20-27(33-34(30)28-14-8-22(3)9-15-28)19-29(31(35)36)25-7-5-6-23(4)18-25/h5-15,18,20-21,29,32H,16-17,19H2,1-4H3,(H,35,36). The molecule has 36 heavy (non-hydrogen) atoms. The fourth-order valence-corrected chi connectivity index (χ4v) is 4.33. The van der Waals surface area contributed by atoms with Crippen molar-refractivity contribution in [3.8, 4) is 16.9 Å². The number of hydrogen-bond donors (Lipinski definition) is 2. The molecule has 4 aromatic rings. The summed E-state index contributed by atoms with van der Waals surface area (Å²) in [5.74, 6) is -0.844. The SMILES string of the molecule is Cc1ccc(-n2nc(CC(C(=O)O)c3cccc(C)c3)cc2-c2ccc(NCCC(C)C)cc2)cc1. The second-order valence-electron chi connectivity index (χ2n) is 9.96. The maximum atomic E-state index is 12.2. The van der Waals surface area contributed by atoms with Crippen molar-refractivity contribution in [2.24, 2.45) is 5.92 Å². The van der Waals surface area contributed by atoms with Gasteiger partial charge in [-0.1, -0.05) is 73.5 Å². The first-order valence-electron chi connectivity index (χ1n) is 12.6. The molecule has 0 saturated heterocycles. The first-order chi connectivity index (χ1) is 17.3. The van der Waals surface area contributed by atoms with Crippen molar-refractivity contribution in [2.45, 2.75) is 46.5 Å². The fourth-order valence-electron chi connectivity index (χ4n) is 4.33. The normalized spacial score (nSPS) is 12.0. The van der Waals surface area contributed by atoms with Gasteiger partial charge in [0.15, 0.2) is 0 Å². The summed E-state index contributed by atoms with van der Waals surface area (Å²) in [7, 11) is 0. The van der Waals surface area contributed by atoms with Crippen LogP contribution in [0.25, 0.3) is 16.9 Å². The number of carbonyl (C=O) groups is 1. The van der Waals surface area contributed by atoms with Crippen LogP contribution in [0.3, 0.4) is 0 Å². The summed E-state index contributed by atoms with van der Waals surface area (Å²) in [5.41, 5.74) is 7.78. The third-order valence-corrected chi connectivity index (χ3v) is 6.43. The minimum absolute atomic E-state index is 0.319. The number of nitrogens with zero attached hydrogens (tertiary/aromatic N) is 2. The third-order valence-electron chi connectivity index (χ3n) is 6.43. The van der Waals surface area contributed by atoms with Crippen molar-refractivity contribution < 1.29 is 9.90 Å². The van der Waals surface area contributed by atoms with E-state index < -0.39 is 11.9 Å². The number of benzene rings is 3. The minimum atomic E-state index is -0.844. The Balaban J connectivity index is 1.67. The highest BCUT2D eigenvalue weighted by molar-refractivity contribution is 5.76. The van der Waals surface area contributed by atoms with Crippen LogP contribution in [0.5, 0.6) is 0 Å². The summed E-state index contributed by atoms with van der Waals surface area (Å²) in [6.45, 7) is 9.43. The average molecular weight is 482 g/mol. The molecule has 0 saturated carbocycles. The molecule has 0 spiro atoms. The Morgan fingerprint density at radius 3 is 2.31 bits per heavy atom. The molecular formula is C31H35N3O2. The Kier molecular flexibility index (Phi) is 7.89. The van der Waals surface area contributed by atoms with E-state index in [2.05, 4.69) is 62.5 Å². The molecule has 5 heteroatoms. The van der Waals surface area contributed by atoms with Gasteiger partial charge in [-0.05, 0) is 62.1 Å². The predicted molar refractivity (Wildman–Crippen MR) is 147 cm³/mol. The van der Waals surface area contributed by atoms with Gasteiger partial charge in [-0.2, -0.15) is 5.10 Å². The number of carboxylic acids is 1. The monoisotopic (exact) mass is 481 g/mol. The molecule has 186 valence electrons. The zero-order valence-corrected chi connectivity index (χ0v) is 21.5. The molecule has 3 aromatic carbocycles. The van der Waals surface area contributed by atoms with E-state index in [0.717, 1.165) is 52.4 Å². The van der Waals surface area contributed by atoms with Crippen molar-refractivity contribution in [1.82, 2.24) is 9.78 Å². The second kappa shape index (κ2) is 11.3. The van der Waals surface area contributed by atoms with Crippen LogP contribution in [-0.4, -0.2) is 27.4 Å². The lowest BCUT2D eigenvalue weighted by Gasteiger charge is -2.12. The number of anilines is 1. The number of nitrogens with one attached hydrogen (secondary N) is 1. The van der Waals surface area contributed by atoms with Gasteiger partial charge in [0.1, 0.15) is 0 Å². The molecule has 0 amide bonds. The number of hydrogen-bond acceptors (Lipinski definition) is 3. The minimum Gasteiger partial charge on any atom is -0.481 e.